The Labute approximate surface area is 177 Å². The van der Waals surface area contributed by atoms with Crippen molar-refractivity contribution in [3.8, 4) is 5.75 Å². The molecule has 4 rings (SSSR count). The molecule has 1 N–H and O–H groups in total. The van der Waals surface area contributed by atoms with E-state index >= 15 is 0 Å². The van der Waals surface area contributed by atoms with Crippen LogP contribution < -0.4 is 9.64 Å². The number of hydrogen-bond acceptors (Lipinski definition) is 6. The van der Waals surface area contributed by atoms with E-state index in [1.54, 1.807) is 0 Å². The van der Waals surface area contributed by atoms with Crippen LogP contribution in [0.1, 0.15) is 56.8 Å². The molecule has 1 saturated heterocycles. The van der Waals surface area contributed by atoms with Gasteiger partial charge in [0.1, 0.15) is 5.75 Å². The summed E-state index contributed by atoms with van der Waals surface area (Å²) in [6.07, 6.45) is 4.82. The summed E-state index contributed by atoms with van der Waals surface area (Å²) in [7, 11) is 0. The lowest BCUT2D eigenvalue weighted by molar-refractivity contribution is -0.136. The number of aliphatic carboxylic acids is 1. The number of ether oxygens (including phenoxy) is 1. The predicted molar refractivity (Wildman–Crippen MR) is 113 cm³/mol. The van der Waals surface area contributed by atoms with Crippen LogP contribution >= 0.6 is 0 Å². The van der Waals surface area contributed by atoms with Gasteiger partial charge in [0.25, 0.3) is 0 Å². The summed E-state index contributed by atoms with van der Waals surface area (Å²) in [4.78, 5) is 17.5. The van der Waals surface area contributed by atoms with E-state index in [4.69, 9.17) is 14.4 Å². The third-order valence-corrected chi connectivity index (χ3v) is 6.38. The molecule has 2 heterocycles. The van der Waals surface area contributed by atoms with Crippen LogP contribution in [0.5, 0.6) is 5.75 Å². The standard InChI is InChI=1S/C23H31N3O4/c1-15(2)22-24-23(30-25-22)26-10-7-17(8-11-26)20-14-18(20)9-12-29-19-5-3-16(4-6-19)13-21(27)28/h3-6,15,17-18,20H,7-14H2,1-2H3,(H,27,28)/t18-,20-/m1/s1. The Morgan fingerprint density at radius 3 is 2.63 bits per heavy atom. The molecule has 2 atom stereocenters. The van der Waals surface area contributed by atoms with Gasteiger partial charge in [0, 0.05) is 19.0 Å². The summed E-state index contributed by atoms with van der Waals surface area (Å²) in [6.45, 7) is 6.86. The molecule has 0 radical (unpaired) electrons. The van der Waals surface area contributed by atoms with Crippen LogP contribution in [0.15, 0.2) is 28.8 Å². The Balaban J connectivity index is 1.15. The Kier molecular flexibility index (Phi) is 6.25. The van der Waals surface area contributed by atoms with E-state index in [9.17, 15) is 4.79 Å². The molecule has 2 aromatic rings. The Hall–Kier alpha value is -2.57. The fourth-order valence-electron chi connectivity index (χ4n) is 4.49. The Morgan fingerprint density at radius 2 is 2.00 bits per heavy atom. The second-order valence-electron chi connectivity index (χ2n) is 8.93. The number of benzene rings is 1. The monoisotopic (exact) mass is 413 g/mol. The number of piperidine rings is 1. The molecule has 162 valence electrons. The van der Waals surface area contributed by atoms with E-state index < -0.39 is 5.97 Å². The molecule has 0 spiro atoms. The highest BCUT2D eigenvalue weighted by Crippen LogP contribution is 2.49. The topological polar surface area (TPSA) is 88.7 Å². The van der Waals surface area contributed by atoms with E-state index in [0.29, 0.717) is 6.01 Å². The average molecular weight is 414 g/mol. The smallest absolute Gasteiger partial charge is 0.324 e. The van der Waals surface area contributed by atoms with Crippen LogP contribution in [0.25, 0.3) is 0 Å². The molecule has 1 aromatic carbocycles. The molecule has 1 aromatic heterocycles. The molecule has 1 aliphatic carbocycles. The van der Waals surface area contributed by atoms with Gasteiger partial charge in [-0.3, -0.25) is 4.79 Å². The minimum atomic E-state index is -0.813. The fourth-order valence-corrected chi connectivity index (χ4v) is 4.49. The lowest BCUT2D eigenvalue weighted by Crippen LogP contribution is -2.34. The molecule has 0 amide bonds. The van der Waals surface area contributed by atoms with Crippen molar-refractivity contribution in [2.75, 3.05) is 24.6 Å². The lowest BCUT2D eigenvalue weighted by Gasteiger charge is -2.30. The van der Waals surface area contributed by atoms with Gasteiger partial charge < -0.3 is 19.3 Å². The maximum atomic E-state index is 10.7. The van der Waals surface area contributed by atoms with E-state index in [1.165, 1.54) is 19.3 Å². The van der Waals surface area contributed by atoms with Gasteiger partial charge in [-0.2, -0.15) is 4.98 Å². The number of carbonyl (C=O) groups is 1. The van der Waals surface area contributed by atoms with Gasteiger partial charge >= 0.3 is 12.0 Å². The van der Waals surface area contributed by atoms with Crippen molar-refractivity contribution in [3.05, 3.63) is 35.7 Å². The van der Waals surface area contributed by atoms with Crippen molar-refractivity contribution in [3.63, 3.8) is 0 Å². The molecule has 1 saturated carbocycles. The molecule has 0 bridgehead atoms. The largest absolute Gasteiger partial charge is 0.494 e. The van der Waals surface area contributed by atoms with Crippen LogP contribution in [-0.4, -0.2) is 40.9 Å². The molecule has 2 fully saturated rings. The summed E-state index contributed by atoms with van der Waals surface area (Å²) in [5.41, 5.74) is 0.796. The third kappa shape index (κ3) is 5.12. The van der Waals surface area contributed by atoms with Crippen molar-refractivity contribution < 1.29 is 19.2 Å². The zero-order chi connectivity index (χ0) is 21.1. The van der Waals surface area contributed by atoms with Crippen LogP contribution in [-0.2, 0) is 11.2 Å². The van der Waals surface area contributed by atoms with Gasteiger partial charge in [-0.1, -0.05) is 31.1 Å². The SMILES string of the molecule is CC(C)c1noc(N2CCC([C@H]3C[C@H]3CCOc3ccc(CC(=O)O)cc3)CC2)n1. The van der Waals surface area contributed by atoms with E-state index in [2.05, 4.69) is 28.9 Å². The lowest BCUT2D eigenvalue weighted by atomic mass is 9.90. The highest BCUT2D eigenvalue weighted by atomic mass is 16.5. The van der Waals surface area contributed by atoms with Crippen molar-refractivity contribution in [1.82, 2.24) is 10.1 Å². The fraction of sp³-hybridized carbons (Fsp3) is 0.609. The average Bonchev–Trinajstić information content (AvgIpc) is 3.31. The van der Waals surface area contributed by atoms with Gasteiger partial charge in [0.2, 0.25) is 0 Å². The highest BCUT2D eigenvalue weighted by Gasteiger charge is 2.43. The van der Waals surface area contributed by atoms with Crippen LogP contribution in [0.3, 0.4) is 0 Å². The number of rotatable bonds is 9. The van der Waals surface area contributed by atoms with E-state index in [-0.39, 0.29) is 12.3 Å². The maximum Gasteiger partial charge on any atom is 0.324 e. The first kappa shape index (κ1) is 20.7. The zero-order valence-electron chi connectivity index (χ0n) is 17.8. The second-order valence-corrected chi connectivity index (χ2v) is 8.93. The molecular formula is C23H31N3O4. The summed E-state index contributed by atoms with van der Waals surface area (Å²) in [5.74, 6) is 3.45. The van der Waals surface area contributed by atoms with Crippen molar-refractivity contribution >= 4 is 12.0 Å². The summed E-state index contributed by atoms with van der Waals surface area (Å²) in [5, 5.41) is 12.9. The number of anilines is 1. The van der Waals surface area contributed by atoms with Gasteiger partial charge in [-0.15, -0.1) is 0 Å². The molecule has 1 aliphatic heterocycles. The van der Waals surface area contributed by atoms with Crippen LogP contribution in [0.4, 0.5) is 6.01 Å². The number of nitrogens with zero attached hydrogens (tertiary/aromatic N) is 3. The maximum absolute atomic E-state index is 10.7. The molecular weight excluding hydrogens is 382 g/mol. The van der Waals surface area contributed by atoms with Crippen LogP contribution in [0.2, 0.25) is 0 Å². The van der Waals surface area contributed by atoms with Crippen molar-refractivity contribution in [2.24, 2.45) is 17.8 Å². The van der Waals surface area contributed by atoms with Gasteiger partial charge in [-0.05, 0) is 61.1 Å². The quantitative estimate of drug-likeness (QED) is 0.661. The first-order valence-corrected chi connectivity index (χ1v) is 11.0. The Bertz CT molecular complexity index is 840. The Morgan fingerprint density at radius 1 is 1.27 bits per heavy atom. The number of aromatic nitrogens is 2. The molecule has 30 heavy (non-hydrogen) atoms. The second kappa shape index (κ2) is 9.06. The van der Waals surface area contributed by atoms with Gasteiger partial charge in [0.05, 0.1) is 13.0 Å². The molecule has 0 unspecified atom stereocenters. The normalized spacial score (nSPS) is 21.8. The van der Waals surface area contributed by atoms with E-state index in [1.807, 2.05) is 24.3 Å². The van der Waals surface area contributed by atoms with Gasteiger partial charge in [0.15, 0.2) is 5.82 Å². The van der Waals surface area contributed by atoms with Gasteiger partial charge in [-0.25, -0.2) is 0 Å². The number of carboxylic acids is 1. The summed E-state index contributed by atoms with van der Waals surface area (Å²) < 4.78 is 11.3. The predicted octanol–water partition coefficient (Wildman–Crippen LogP) is 4.14. The number of hydrogen-bond donors (Lipinski definition) is 1. The summed E-state index contributed by atoms with van der Waals surface area (Å²) in [6, 6.07) is 8.04. The highest BCUT2D eigenvalue weighted by molar-refractivity contribution is 5.70. The molecule has 7 nitrogen and oxygen atoms in total. The van der Waals surface area contributed by atoms with Crippen LogP contribution in [0, 0.1) is 17.8 Å². The molecule has 7 heteroatoms. The minimum absolute atomic E-state index is 0.0498. The zero-order valence-corrected chi connectivity index (χ0v) is 17.8. The van der Waals surface area contributed by atoms with Crippen molar-refractivity contribution in [2.45, 2.75) is 51.9 Å². The summed E-state index contributed by atoms with van der Waals surface area (Å²) >= 11 is 0. The van der Waals surface area contributed by atoms with Crippen molar-refractivity contribution in [1.29, 1.82) is 0 Å². The first-order valence-electron chi connectivity index (χ1n) is 11.0. The third-order valence-electron chi connectivity index (χ3n) is 6.38. The molecule has 2 aliphatic rings. The minimum Gasteiger partial charge on any atom is -0.494 e. The first-order chi connectivity index (χ1) is 14.5. The number of carboxylic acid groups (broad SMARTS) is 1. The van der Waals surface area contributed by atoms with E-state index in [0.717, 1.165) is 61.0 Å².